The number of ether oxygens (including phenoxy) is 1. The third kappa shape index (κ3) is 4.87. The van der Waals surface area contributed by atoms with Crippen molar-refractivity contribution in [1.29, 1.82) is 0 Å². The van der Waals surface area contributed by atoms with Gasteiger partial charge < -0.3 is 9.84 Å². The first-order valence-corrected chi connectivity index (χ1v) is 11.9. The number of carbonyl (C=O) groups is 1. The van der Waals surface area contributed by atoms with E-state index in [-0.39, 0.29) is 22.8 Å². The van der Waals surface area contributed by atoms with Crippen LogP contribution in [0.15, 0.2) is 35.4 Å². The van der Waals surface area contributed by atoms with E-state index in [9.17, 15) is 30.8 Å². The van der Waals surface area contributed by atoms with Crippen LogP contribution >= 0.6 is 23.2 Å². The van der Waals surface area contributed by atoms with Crippen LogP contribution in [0.3, 0.4) is 0 Å². The minimum Gasteiger partial charge on any atom is -0.482 e. The lowest BCUT2D eigenvalue weighted by Crippen LogP contribution is -2.55. The van der Waals surface area contributed by atoms with E-state index in [2.05, 4.69) is 0 Å². The number of sulfonamides is 1. The molecule has 6 nitrogen and oxygen atoms in total. The second-order valence-electron chi connectivity index (χ2n) is 7.70. The van der Waals surface area contributed by atoms with E-state index in [1.165, 1.54) is 0 Å². The highest BCUT2D eigenvalue weighted by atomic mass is 35.5. The van der Waals surface area contributed by atoms with E-state index in [4.69, 9.17) is 33.0 Å². The van der Waals surface area contributed by atoms with Gasteiger partial charge in [-0.05, 0) is 48.6 Å². The summed E-state index contributed by atoms with van der Waals surface area (Å²) in [5, 5.41) is 6.26. The zero-order valence-corrected chi connectivity index (χ0v) is 19.4. The van der Waals surface area contributed by atoms with Crippen molar-refractivity contribution in [2.75, 3.05) is 13.7 Å². The summed E-state index contributed by atoms with van der Waals surface area (Å²) in [7, 11) is -3.64. The van der Waals surface area contributed by atoms with Crippen molar-refractivity contribution in [2.24, 2.45) is 0 Å². The number of hydrogen-bond donors (Lipinski definition) is 1. The van der Waals surface area contributed by atoms with Gasteiger partial charge in [0.2, 0.25) is 10.0 Å². The molecule has 0 aromatic heterocycles. The van der Waals surface area contributed by atoms with Gasteiger partial charge in [0, 0.05) is 24.2 Å². The van der Waals surface area contributed by atoms with Crippen LogP contribution in [-0.2, 0) is 21.2 Å². The average Bonchev–Trinajstić information content (AvgIpc) is 2.69. The third-order valence-corrected chi connectivity index (χ3v) is 8.76. The smallest absolute Gasteiger partial charge is 0.412 e. The number of hydrogen-bond acceptors (Lipinski definition) is 4. The van der Waals surface area contributed by atoms with Gasteiger partial charge in [0.05, 0.1) is 0 Å². The van der Waals surface area contributed by atoms with Gasteiger partial charge >= 0.3 is 12.1 Å². The number of alkyl halides is 4. The fourth-order valence-corrected chi connectivity index (χ4v) is 6.71. The summed E-state index contributed by atoms with van der Waals surface area (Å²) < 4.78 is 88.4. The quantitative estimate of drug-likeness (QED) is 0.430. The molecule has 3 unspecified atom stereocenters. The summed E-state index contributed by atoms with van der Waals surface area (Å²) in [6, 6.07) is 1.04. The Bertz CT molecular complexity index is 1120. The van der Waals surface area contributed by atoms with Crippen LogP contribution in [0.25, 0.3) is 0 Å². The number of carboxylic acids is 1. The Morgan fingerprint density at radius 1 is 1.36 bits per heavy atom. The maximum absolute atomic E-state index is 14.3. The first kappa shape index (κ1) is 25.8. The molecule has 0 fully saturated rings. The molecular weight excluding hydrogens is 513 g/mol. The van der Waals surface area contributed by atoms with E-state index >= 15 is 0 Å². The summed E-state index contributed by atoms with van der Waals surface area (Å²) in [6.07, 6.45) is -1.95. The zero-order valence-electron chi connectivity index (χ0n) is 17.1. The first-order valence-electron chi connectivity index (χ1n) is 9.64. The molecule has 13 heteroatoms. The molecule has 0 radical (unpaired) electrons. The van der Waals surface area contributed by atoms with Crippen molar-refractivity contribution < 1.29 is 40.6 Å². The van der Waals surface area contributed by atoms with E-state index in [0.29, 0.717) is 24.5 Å². The molecule has 182 valence electrons. The van der Waals surface area contributed by atoms with Gasteiger partial charge in [-0.1, -0.05) is 17.7 Å². The lowest BCUT2D eigenvalue weighted by atomic mass is 9.87. The SMILES string of the molecule is CN(C1CCCc2c(OCC(=O)O)cc(F)cc21)S(=O)(=O)C1C=CC(Cl)=CC1(Cl)C(F)(F)F. The Morgan fingerprint density at radius 3 is 2.64 bits per heavy atom. The second-order valence-corrected chi connectivity index (χ2v) is 10.9. The molecule has 3 atom stereocenters. The molecule has 0 heterocycles. The minimum atomic E-state index is -5.15. The molecule has 0 saturated carbocycles. The fraction of sp³-hybridized carbons (Fsp3) is 0.450. The maximum Gasteiger partial charge on any atom is 0.412 e. The number of fused-ring (bicyclic) bond motifs is 1. The second kappa shape index (κ2) is 9.09. The number of benzene rings is 1. The molecule has 1 aromatic carbocycles. The van der Waals surface area contributed by atoms with Crippen molar-refractivity contribution in [3.8, 4) is 5.75 Å². The van der Waals surface area contributed by atoms with Crippen molar-refractivity contribution in [3.63, 3.8) is 0 Å². The highest BCUT2D eigenvalue weighted by Gasteiger charge is 2.62. The number of nitrogens with zero attached hydrogens (tertiary/aromatic N) is 1. The van der Waals surface area contributed by atoms with Crippen molar-refractivity contribution in [3.05, 3.63) is 52.3 Å². The number of aliphatic carboxylic acids is 1. The summed E-state index contributed by atoms with van der Waals surface area (Å²) >= 11 is 11.5. The van der Waals surface area contributed by atoms with E-state index in [1.807, 2.05) is 0 Å². The molecule has 2 aliphatic carbocycles. The molecule has 0 saturated heterocycles. The molecule has 0 aliphatic heterocycles. The Labute approximate surface area is 197 Å². The van der Waals surface area contributed by atoms with Gasteiger partial charge in [0.1, 0.15) is 16.8 Å². The van der Waals surface area contributed by atoms with Gasteiger partial charge in [-0.2, -0.15) is 17.5 Å². The summed E-state index contributed by atoms with van der Waals surface area (Å²) in [5.74, 6) is -2.15. The van der Waals surface area contributed by atoms with Crippen LogP contribution in [-0.4, -0.2) is 53.8 Å². The van der Waals surface area contributed by atoms with Crippen molar-refractivity contribution in [1.82, 2.24) is 4.31 Å². The minimum absolute atomic E-state index is 0.0582. The number of halogens is 6. The molecule has 0 amide bonds. The lowest BCUT2D eigenvalue weighted by molar-refractivity contribution is -0.149. The van der Waals surface area contributed by atoms with Crippen LogP contribution in [0.5, 0.6) is 5.75 Å². The Morgan fingerprint density at radius 2 is 2.03 bits per heavy atom. The monoisotopic (exact) mass is 531 g/mol. The van der Waals surface area contributed by atoms with Gasteiger partial charge in [0.25, 0.3) is 0 Å². The van der Waals surface area contributed by atoms with Crippen LogP contribution in [0.1, 0.15) is 30.0 Å². The normalized spacial score (nSPS) is 25.5. The van der Waals surface area contributed by atoms with Crippen molar-refractivity contribution in [2.45, 2.75) is 41.6 Å². The number of allylic oxidation sites excluding steroid dienone is 3. The zero-order chi connectivity index (χ0) is 24.8. The highest BCUT2D eigenvalue weighted by Crippen LogP contribution is 2.48. The first-order chi connectivity index (χ1) is 15.2. The maximum atomic E-state index is 14.3. The topological polar surface area (TPSA) is 83.9 Å². The molecule has 1 N–H and O–H groups in total. The number of rotatable bonds is 6. The van der Waals surface area contributed by atoms with E-state index < -0.39 is 50.8 Å². The lowest BCUT2D eigenvalue weighted by Gasteiger charge is -2.40. The predicted octanol–water partition coefficient (Wildman–Crippen LogP) is 4.53. The molecule has 2 aliphatic rings. The van der Waals surface area contributed by atoms with Gasteiger partial charge in [-0.3, -0.25) is 0 Å². The van der Waals surface area contributed by atoms with Gasteiger partial charge in [-0.25, -0.2) is 17.6 Å². The van der Waals surface area contributed by atoms with Gasteiger partial charge in [0.15, 0.2) is 11.5 Å². The van der Waals surface area contributed by atoms with Crippen LogP contribution in [0, 0.1) is 5.82 Å². The molecule has 0 bridgehead atoms. The van der Waals surface area contributed by atoms with E-state index in [1.54, 1.807) is 0 Å². The van der Waals surface area contributed by atoms with Crippen molar-refractivity contribution >= 4 is 39.2 Å². The van der Waals surface area contributed by atoms with Crippen LogP contribution in [0.4, 0.5) is 17.6 Å². The highest BCUT2D eigenvalue weighted by molar-refractivity contribution is 7.90. The molecule has 3 rings (SSSR count). The molecule has 33 heavy (non-hydrogen) atoms. The third-order valence-electron chi connectivity index (χ3n) is 5.61. The predicted molar refractivity (Wildman–Crippen MR) is 113 cm³/mol. The largest absolute Gasteiger partial charge is 0.482 e. The summed E-state index contributed by atoms with van der Waals surface area (Å²) in [4.78, 5) is 7.53. The Kier molecular flexibility index (Phi) is 7.10. The molecule has 1 aromatic rings. The summed E-state index contributed by atoms with van der Waals surface area (Å²) in [5.41, 5.74) is 0.583. The van der Waals surface area contributed by atoms with Crippen LogP contribution < -0.4 is 4.74 Å². The van der Waals surface area contributed by atoms with Crippen LogP contribution in [0.2, 0.25) is 0 Å². The standard InChI is InChI=1S/C20H19Cl2F4NO5S/c1-27(33(30,31)17-6-5-11(21)9-19(17,22)20(24,25)26)15-4-2-3-13-14(15)7-12(23)8-16(13)32-10-18(28)29/h5-9,15,17H,2-4,10H2,1H3,(H,28,29). The fourth-order valence-electron chi connectivity index (χ4n) is 4.04. The van der Waals surface area contributed by atoms with E-state index in [0.717, 1.165) is 35.6 Å². The van der Waals surface area contributed by atoms with Gasteiger partial charge in [-0.15, -0.1) is 11.6 Å². The number of carboxylic acid groups (broad SMARTS) is 1. The average molecular weight is 532 g/mol. The summed E-state index contributed by atoms with van der Waals surface area (Å²) in [6.45, 7) is -0.741. The molecule has 0 spiro atoms. The molecular formula is C20H19Cl2F4NO5S. The Hall–Kier alpha value is -1.82. The Balaban J connectivity index is 2.04.